The molecule has 4 atom stereocenters. The Kier molecular flexibility index (Phi) is 5.86. The molecule has 38 heavy (non-hydrogen) atoms. The highest BCUT2D eigenvalue weighted by Crippen LogP contribution is 2.41. The van der Waals surface area contributed by atoms with E-state index in [9.17, 15) is 9.90 Å². The zero-order chi connectivity index (χ0) is 26.0. The number of piperidine rings is 1. The summed E-state index contributed by atoms with van der Waals surface area (Å²) in [6, 6.07) is 6.21. The summed E-state index contributed by atoms with van der Waals surface area (Å²) < 4.78 is 13.4. The van der Waals surface area contributed by atoms with Crippen molar-refractivity contribution in [3.8, 4) is 5.75 Å². The van der Waals surface area contributed by atoms with E-state index in [0.717, 1.165) is 28.7 Å². The molecular weight excluding hydrogens is 508 g/mol. The molecule has 3 aromatic rings. The second-order valence-electron chi connectivity index (χ2n) is 10.9. The van der Waals surface area contributed by atoms with Gasteiger partial charge in [0.1, 0.15) is 5.02 Å². The molecule has 0 spiro atoms. The van der Waals surface area contributed by atoms with Crippen LogP contribution in [0.25, 0.3) is 10.9 Å². The minimum Gasteiger partial charge on any atom is -0.486 e. The molecule has 11 heteroatoms. The van der Waals surface area contributed by atoms with Crippen molar-refractivity contribution in [2.75, 3.05) is 35.4 Å². The average molecular weight is 539 g/mol. The Bertz CT molecular complexity index is 1450. The summed E-state index contributed by atoms with van der Waals surface area (Å²) in [5.74, 6) is 2.08. The fourth-order valence-corrected chi connectivity index (χ4v) is 6.33. The molecule has 3 N–H and O–H groups in total. The van der Waals surface area contributed by atoms with Crippen molar-refractivity contribution in [3.63, 3.8) is 0 Å². The molecule has 7 rings (SSSR count). The summed E-state index contributed by atoms with van der Waals surface area (Å²) >= 11 is 6.54. The van der Waals surface area contributed by atoms with Gasteiger partial charge >= 0.3 is 0 Å². The van der Waals surface area contributed by atoms with Gasteiger partial charge in [0.25, 0.3) is 5.56 Å². The maximum atomic E-state index is 13.1. The number of nitrogens with zero attached hydrogens (tertiary/aromatic N) is 4. The number of aromatic nitrogens is 3. The first kappa shape index (κ1) is 24.0. The van der Waals surface area contributed by atoms with Crippen LogP contribution < -0.4 is 25.8 Å². The van der Waals surface area contributed by atoms with Crippen LogP contribution in [0, 0.1) is 5.92 Å². The lowest BCUT2D eigenvalue weighted by Gasteiger charge is -2.47. The molecular formula is C27H31ClN6O4. The van der Waals surface area contributed by atoms with Crippen LogP contribution in [-0.2, 0) is 11.8 Å². The fraction of sp³-hybridized carbons (Fsp3) is 0.519. The molecule has 1 aliphatic carbocycles. The third-order valence-corrected chi connectivity index (χ3v) is 8.55. The number of halogens is 1. The Morgan fingerprint density at radius 1 is 1.18 bits per heavy atom. The predicted octanol–water partition coefficient (Wildman–Crippen LogP) is 3.43. The monoisotopic (exact) mass is 538 g/mol. The van der Waals surface area contributed by atoms with E-state index >= 15 is 0 Å². The number of morpholine rings is 1. The highest BCUT2D eigenvalue weighted by atomic mass is 35.5. The van der Waals surface area contributed by atoms with Crippen LogP contribution >= 0.6 is 11.6 Å². The van der Waals surface area contributed by atoms with E-state index < -0.39 is 0 Å². The van der Waals surface area contributed by atoms with Gasteiger partial charge in [0.05, 0.1) is 55.4 Å². The van der Waals surface area contributed by atoms with Crippen LogP contribution in [0.5, 0.6) is 5.75 Å². The maximum absolute atomic E-state index is 13.1. The Hall–Kier alpha value is -3.08. The lowest BCUT2D eigenvalue weighted by atomic mass is 9.92. The molecule has 1 unspecified atom stereocenters. The maximum Gasteiger partial charge on any atom is 0.295 e. The number of benzene rings is 1. The topological polar surface area (TPSA) is 114 Å². The van der Waals surface area contributed by atoms with E-state index in [1.807, 2.05) is 18.2 Å². The Balaban J connectivity index is 1.25. The molecule has 0 amide bonds. The number of fused-ring (bicyclic) bond motifs is 5. The van der Waals surface area contributed by atoms with Crippen LogP contribution in [0.1, 0.15) is 32.1 Å². The predicted molar refractivity (Wildman–Crippen MR) is 146 cm³/mol. The average Bonchev–Trinajstić information content (AvgIpc) is 3.75. The van der Waals surface area contributed by atoms with E-state index in [-0.39, 0.29) is 23.7 Å². The number of aryl methyl sites for hydroxylation is 1. The van der Waals surface area contributed by atoms with E-state index in [2.05, 4.69) is 20.5 Å². The Morgan fingerprint density at radius 2 is 1.97 bits per heavy atom. The number of aliphatic hydroxyl groups is 1. The molecule has 1 aromatic carbocycles. The van der Waals surface area contributed by atoms with Gasteiger partial charge in [0, 0.05) is 30.6 Å². The van der Waals surface area contributed by atoms with Gasteiger partial charge in [-0.05, 0) is 49.8 Å². The third kappa shape index (κ3) is 4.15. The van der Waals surface area contributed by atoms with Crippen molar-refractivity contribution in [1.82, 2.24) is 14.5 Å². The van der Waals surface area contributed by atoms with Gasteiger partial charge < -0.3 is 34.7 Å². The van der Waals surface area contributed by atoms with Crippen LogP contribution in [0.15, 0.2) is 29.2 Å². The van der Waals surface area contributed by atoms with Crippen LogP contribution in [0.4, 0.5) is 23.1 Å². The lowest BCUT2D eigenvalue weighted by Crippen LogP contribution is -2.59. The molecule has 2 bridgehead atoms. The van der Waals surface area contributed by atoms with Crippen molar-refractivity contribution >= 4 is 45.6 Å². The number of aliphatic hydroxyl groups excluding tert-OH is 1. The zero-order valence-corrected chi connectivity index (χ0v) is 21.9. The number of hydrogen-bond donors (Lipinski definition) is 3. The van der Waals surface area contributed by atoms with Gasteiger partial charge in [-0.25, -0.2) is 4.98 Å². The summed E-state index contributed by atoms with van der Waals surface area (Å²) in [6.45, 7) is 1.60. The molecule has 3 fully saturated rings. The second kappa shape index (κ2) is 9.29. The SMILES string of the molecule is Cn1c(=O)c2c(c3cc(Nc4nc(N5[C@@H]6COC[C@H]5CC(O)C6)ncc4Cl)ccc31)N[C@@H](C1CC1)CCO2. The van der Waals surface area contributed by atoms with E-state index in [0.29, 0.717) is 67.2 Å². The standard InChI is InChI=1S/C27H31ClN6O4/c1-33-22-5-4-15(8-19(22)23-24(26(33)36)38-7-6-21(31-23)14-2-3-14)30-25-20(28)11-29-27(32-25)34-16-9-18(35)10-17(34)13-37-12-16/h4-5,8,11,14,16-18,21,31,35H,2-3,6-7,9-10,12-13H2,1H3,(H,29,30,32)/t16-,17+,18?,21-/m1/s1. The van der Waals surface area contributed by atoms with Crippen molar-refractivity contribution in [1.29, 1.82) is 0 Å². The molecule has 2 saturated heterocycles. The van der Waals surface area contributed by atoms with E-state index in [4.69, 9.17) is 26.1 Å². The van der Waals surface area contributed by atoms with Gasteiger partial charge in [-0.1, -0.05) is 11.6 Å². The molecule has 200 valence electrons. The van der Waals surface area contributed by atoms with Gasteiger partial charge in [-0.3, -0.25) is 4.79 Å². The largest absolute Gasteiger partial charge is 0.486 e. The summed E-state index contributed by atoms with van der Waals surface area (Å²) in [4.78, 5) is 24.6. The smallest absolute Gasteiger partial charge is 0.295 e. The second-order valence-corrected chi connectivity index (χ2v) is 11.3. The summed E-state index contributed by atoms with van der Waals surface area (Å²) in [6.07, 6.45) is 5.81. The highest BCUT2D eigenvalue weighted by molar-refractivity contribution is 6.33. The first-order valence-corrected chi connectivity index (χ1v) is 13.7. The number of nitrogens with one attached hydrogen (secondary N) is 2. The van der Waals surface area contributed by atoms with Crippen LogP contribution in [0.3, 0.4) is 0 Å². The summed E-state index contributed by atoms with van der Waals surface area (Å²) in [7, 11) is 1.77. The molecule has 1 saturated carbocycles. The molecule has 5 heterocycles. The zero-order valence-electron chi connectivity index (χ0n) is 21.2. The molecule has 10 nitrogen and oxygen atoms in total. The minimum absolute atomic E-state index is 0.0226. The van der Waals surface area contributed by atoms with Crippen molar-refractivity contribution in [2.45, 2.75) is 56.3 Å². The highest BCUT2D eigenvalue weighted by Gasteiger charge is 2.40. The van der Waals surface area contributed by atoms with Crippen LogP contribution in [0.2, 0.25) is 5.02 Å². The molecule has 2 aromatic heterocycles. The molecule has 3 aliphatic heterocycles. The van der Waals surface area contributed by atoms with E-state index in [1.165, 1.54) is 12.8 Å². The third-order valence-electron chi connectivity index (χ3n) is 8.27. The van der Waals surface area contributed by atoms with Gasteiger partial charge in [-0.2, -0.15) is 4.98 Å². The summed E-state index contributed by atoms with van der Waals surface area (Å²) in [5.41, 5.74) is 2.23. The number of rotatable bonds is 4. The molecule has 0 radical (unpaired) electrons. The fourth-order valence-electron chi connectivity index (χ4n) is 6.19. The Labute approximate surface area is 224 Å². The Morgan fingerprint density at radius 3 is 2.74 bits per heavy atom. The number of hydrogen-bond acceptors (Lipinski definition) is 9. The van der Waals surface area contributed by atoms with Gasteiger partial charge in [-0.15, -0.1) is 0 Å². The first-order chi connectivity index (χ1) is 18.5. The molecule has 4 aliphatic rings. The number of pyridine rings is 1. The minimum atomic E-state index is -0.337. The number of ether oxygens (including phenoxy) is 2. The van der Waals surface area contributed by atoms with Crippen molar-refractivity contribution < 1.29 is 14.6 Å². The lowest BCUT2D eigenvalue weighted by molar-refractivity contribution is 0.000353. The quantitative estimate of drug-likeness (QED) is 0.459. The van der Waals surface area contributed by atoms with E-state index in [1.54, 1.807) is 17.8 Å². The number of anilines is 4. The van der Waals surface area contributed by atoms with Crippen LogP contribution in [-0.4, -0.2) is 63.7 Å². The summed E-state index contributed by atoms with van der Waals surface area (Å²) in [5, 5.41) is 18.6. The van der Waals surface area contributed by atoms with Gasteiger partial charge in [0.2, 0.25) is 11.7 Å². The van der Waals surface area contributed by atoms with Gasteiger partial charge in [0.15, 0.2) is 5.82 Å². The van der Waals surface area contributed by atoms with Crippen molar-refractivity contribution in [2.24, 2.45) is 13.0 Å². The van der Waals surface area contributed by atoms with Crippen molar-refractivity contribution in [3.05, 3.63) is 39.8 Å². The first-order valence-electron chi connectivity index (χ1n) is 13.4. The normalized spacial score (nSPS) is 26.8.